The molecule has 2 heterocycles. The van der Waals surface area contributed by atoms with Crippen LogP contribution in [0, 0.1) is 0 Å². The van der Waals surface area contributed by atoms with Crippen LogP contribution in [0.2, 0.25) is 0 Å². The summed E-state index contributed by atoms with van der Waals surface area (Å²) in [4.78, 5) is 15.0. The number of benzene rings is 1. The van der Waals surface area contributed by atoms with Crippen LogP contribution in [0.25, 0.3) is 0 Å². The van der Waals surface area contributed by atoms with E-state index in [0.29, 0.717) is 12.5 Å². The average Bonchev–Trinajstić information content (AvgIpc) is 2.88. The first-order valence-corrected chi connectivity index (χ1v) is 7.97. The number of likely N-dealkylation sites (N-methyl/N-ethyl adjacent to an activating group) is 1. The van der Waals surface area contributed by atoms with Gasteiger partial charge in [0.25, 0.3) is 0 Å². The van der Waals surface area contributed by atoms with Crippen molar-refractivity contribution in [1.29, 1.82) is 0 Å². The molecule has 1 saturated heterocycles. The van der Waals surface area contributed by atoms with Gasteiger partial charge in [-0.3, -0.25) is 9.69 Å². The van der Waals surface area contributed by atoms with Gasteiger partial charge in [-0.1, -0.05) is 12.1 Å². The van der Waals surface area contributed by atoms with Gasteiger partial charge in [-0.05, 0) is 43.6 Å². The Hall–Kier alpha value is -1.81. The first-order valence-electron chi connectivity index (χ1n) is 7.97. The predicted octanol–water partition coefficient (Wildman–Crippen LogP) is 1.85. The Morgan fingerprint density at radius 3 is 3.09 bits per heavy atom. The second-order valence-corrected chi connectivity index (χ2v) is 6.88. The second-order valence-electron chi connectivity index (χ2n) is 6.88. The minimum atomic E-state index is -0.353. The number of carbonyl (C=O) groups excluding carboxylic acids is 1. The van der Waals surface area contributed by atoms with Crippen molar-refractivity contribution in [1.82, 2.24) is 4.90 Å². The molecule has 0 amide bonds. The lowest BCUT2D eigenvalue weighted by atomic mass is 9.56. The van der Waals surface area contributed by atoms with Crippen LogP contribution in [0.1, 0.15) is 24.0 Å². The number of rotatable bonds is 1. The lowest BCUT2D eigenvalue weighted by Gasteiger charge is -2.52. The monoisotopic (exact) mass is 297 g/mol. The van der Waals surface area contributed by atoms with Gasteiger partial charge in [-0.2, -0.15) is 0 Å². The minimum absolute atomic E-state index is 0.207. The fourth-order valence-electron chi connectivity index (χ4n) is 5.08. The minimum Gasteiger partial charge on any atom is -0.493 e. The van der Waals surface area contributed by atoms with Crippen LogP contribution in [0.15, 0.2) is 23.8 Å². The van der Waals surface area contributed by atoms with E-state index in [1.807, 2.05) is 6.07 Å². The summed E-state index contributed by atoms with van der Waals surface area (Å²) < 4.78 is 11.7. The van der Waals surface area contributed by atoms with Crippen LogP contribution < -0.4 is 9.47 Å². The van der Waals surface area contributed by atoms with E-state index >= 15 is 0 Å². The zero-order valence-electron chi connectivity index (χ0n) is 12.9. The molecule has 1 aromatic carbocycles. The number of methoxy groups -OCH3 is 1. The number of hydrogen-bond donors (Lipinski definition) is 0. The van der Waals surface area contributed by atoms with Gasteiger partial charge in [0.05, 0.1) is 12.5 Å². The molecule has 1 fully saturated rings. The Bertz CT molecular complexity index is 738. The van der Waals surface area contributed by atoms with Crippen molar-refractivity contribution in [2.24, 2.45) is 0 Å². The normalized spacial score (nSPS) is 34.8. The highest BCUT2D eigenvalue weighted by Gasteiger charge is 2.62. The second kappa shape index (κ2) is 3.93. The van der Waals surface area contributed by atoms with Gasteiger partial charge in [0.15, 0.2) is 23.4 Å². The number of ketones is 1. The standard InChI is InChI=1S/C18H19NO3/c1-19-8-7-18-11-4-5-13(20)17(18)22-16-14(21-2)6-3-10(15(16)18)9-12(11)19/h3-4,6,12,17H,5,7-9H2,1-2H3/t12-,17+,18+/m0/s1. The number of likely N-dealkylation sites (tertiary alicyclic amines) is 1. The maximum absolute atomic E-state index is 12.6. The SMILES string of the molecule is COc1ccc2c3c1O[C@@H]1C(=O)CC=C4[C@H](C2)N(C)CC[C@@]431. The van der Waals surface area contributed by atoms with Gasteiger partial charge in [0.1, 0.15) is 0 Å². The summed E-state index contributed by atoms with van der Waals surface area (Å²) in [5, 5.41) is 0. The quantitative estimate of drug-likeness (QED) is 0.742. The van der Waals surface area contributed by atoms with Gasteiger partial charge >= 0.3 is 0 Å². The van der Waals surface area contributed by atoms with Crippen LogP contribution in [-0.4, -0.2) is 43.5 Å². The van der Waals surface area contributed by atoms with Crippen molar-refractivity contribution < 1.29 is 14.3 Å². The lowest BCUT2D eigenvalue weighted by molar-refractivity contribution is -0.128. The average molecular weight is 297 g/mol. The molecule has 114 valence electrons. The molecule has 3 atom stereocenters. The maximum Gasteiger partial charge on any atom is 0.178 e. The summed E-state index contributed by atoms with van der Waals surface area (Å²) >= 11 is 0. The molecule has 1 spiro atoms. The van der Waals surface area contributed by atoms with E-state index in [-0.39, 0.29) is 17.3 Å². The Balaban J connectivity index is 1.86. The largest absolute Gasteiger partial charge is 0.493 e. The van der Waals surface area contributed by atoms with E-state index in [2.05, 4.69) is 24.1 Å². The summed E-state index contributed by atoms with van der Waals surface area (Å²) in [6.07, 6.45) is 4.28. The van der Waals surface area contributed by atoms with Gasteiger partial charge in [0.2, 0.25) is 0 Å². The van der Waals surface area contributed by atoms with Crippen LogP contribution in [0.4, 0.5) is 0 Å². The number of nitrogens with zero attached hydrogens (tertiary/aromatic N) is 1. The Kier molecular flexibility index (Phi) is 2.27. The zero-order valence-corrected chi connectivity index (χ0v) is 12.9. The van der Waals surface area contributed by atoms with Crippen molar-refractivity contribution in [3.8, 4) is 11.5 Å². The van der Waals surface area contributed by atoms with Crippen molar-refractivity contribution >= 4 is 5.78 Å². The molecule has 2 aliphatic heterocycles. The van der Waals surface area contributed by atoms with Gasteiger partial charge < -0.3 is 9.47 Å². The molecular weight excluding hydrogens is 278 g/mol. The first kappa shape index (κ1) is 12.7. The van der Waals surface area contributed by atoms with Gasteiger partial charge in [-0.25, -0.2) is 0 Å². The third kappa shape index (κ3) is 1.23. The predicted molar refractivity (Wildman–Crippen MR) is 81.5 cm³/mol. The number of allylic oxidation sites excluding steroid dienone is 1. The number of piperidine rings is 1. The van der Waals surface area contributed by atoms with Gasteiger partial charge in [-0.15, -0.1) is 0 Å². The molecule has 4 heteroatoms. The van der Waals surface area contributed by atoms with E-state index in [9.17, 15) is 4.79 Å². The zero-order chi connectivity index (χ0) is 15.1. The molecule has 0 saturated carbocycles. The number of ether oxygens (including phenoxy) is 2. The van der Waals surface area contributed by atoms with Crippen molar-refractivity contribution in [2.45, 2.75) is 36.8 Å². The molecule has 2 aliphatic carbocycles. The highest BCUT2D eigenvalue weighted by Crippen LogP contribution is 2.61. The number of Topliss-reactive ketones (excluding diaryl/α,β-unsaturated/α-hetero) is 1. The fraction of sp³-hybridized carbons (Fsp3) is 0.500. The van der Waals surface area contributed by atoms with Crippen LogP contribution in [0.5, 0.6) is 11.5 Å². The third-order valence-corrected chi connectivity index (χ3v) is 6.05. The highest BCUT2D eigenvalue weighted by atomic mass is 16.5. The molecule has 4 aliphatic rings. The molecule has 2 bridgehead atoms. The molecule has 0 aromatic heterocycles. The van der Waals surface area contributed by atoms with E-state index in [1.54, 1.807) is 7.11 Å². The number of hydrogen-bond acceptors (Lipinski definition) is 4. The third-order valence-electron chi connectivity index (χ3n) is 6.05. The van der Waals surface area contributed by atoms with Crippen LogP contribution >= 0.6 is 0 Å². The van der Waals surface area contributed by atoms with Crippen LogP contribution in [0.3, 0.4) is 0 Å². The lowest BCUT2D eigenvalue weighted by Crippen LogP contribution is -2.60. The van der Waals surface area contributed by atoms with E-state index in [1.165, 1.54) is 16.7 Å². The summed E-state index contributed by atoms with van der Waals surface area (Å²) in [6, 6.07) is 4.55. The fourth-order valence-corrected chi connectivity index (χ4v) is 5.08. The van der Waals surface area contributed by atoms with E-state index in [4.69, 9.17) is 9.47 Å². The topological polar surface area (TPSA) is 38.8 Å². The Labute approximate surface area is 129 Å². The molecule has 5 rings (SSSR count). The Morgan fingerprint density at radius 1 is 1.41 bits per heavy atom. The molecule has 1 aromatic rings. The molecular formula is C18H19NO3. The molecule has 0 N–H and O–H groups in total. The highest BCUT2D eigenvalue weighted by molar-refractivity contribution is 5.92. The van der Waals surface area contributed by atoms with E-state index < -0.39 is 0 Å². The smallest absolute Gasteiger partial charge is 0.178 e. The van der Waals surface area contributed by atoms with Crippen LogP contribution in [-0.2, 0) is 16.6 Å². The van der Waals surface area contributed by atoms with E-state index in [0.717, 1.165) is 30.9 Å². The summed E-state index contributed by atoms with van der Waals surface area (Å²) in [5.74, 6) is 1.78. The summed E-state index contributed by atoms with van der Waals surface area (Å²) in [6.45, 7) is 1.01. The molecule has 0 radical (unpaired) electrons. The Morgan fingerprint density at radius 2 is 2.27 bits per heavy atom. The van der Waals surface area contributed by atoms with Crippen molar-refractivity contribution in [3.63, 3.8) is 0 Å². The van der Waals surface area contributed by atoms with Crippen molar-refractivity contribution in [2.75, 3.05) is 20.7 Å². The summed E-state index contributed by atoms with van der Waals surface area (Å²) in [7, 11) is 3.86. The van der Waals surface area contributed by atoms with Crippen molar-refractivity contribution in [3.05, 3.63) is 34.9 Å². The molecule has 0 unspecified atom stereocenters. The number of carbonyl (C=O) groups is 1. The molecule has 22 heavy (non-hydrogen) atoms. The summed E-state index contributed by atoms with van der Waals surface area (Å²) in [5.41, 5.74) is 3.73. The first-order chi connectivity index (χ1) is 10.7. The molecule has 4 nitrogen and oxygen atoms in total. The maximum atomic E-state index is 12.6. The van der Waals surface area contributed by atoms with Gasteiger partial charge in [0, 0.05) is 18.0 Å².